The molecule has 0 bridgehead atoms. The Hall–Kier alpha value is -1.20. The summed E-state index contributed by atoms with van der Waals surface area (Å²) in [6.45, 7) is 0. The third-order valence-corrected chi connectivity index (χ3v) is 2.36. The number of hydrogen-bond acceptors (Lipinski definition) is 5. The lowest BCUT2D eigenvalue weighted by atomic mass is 10.4. The minimum Gasteiger partial charge on any atom is -0.266 e. The second-order valence-corrected chi connectivity index (χ2v) is 3.28. The Kier molecular flexibility index (Phi) is 2.37. The summed E-state index contributed by atoms with van der Waals surface area (Å²) < 4.78 is 0. The normalized spacial score (nSPS) is 9.92. The Morgan fingerprint density at radius 2 is 2.23 bits per heavy atom. The zero-order valence-corrected chi connectivity index (χ0v) is 8.01. The number of anilines is 1. The van der Waals surface area contributed by atoms with Crippen LogP contribution in [0.1, 0.15) is 0 Å². The molecule has 66 valence electrons. The Morgan fingerprint density at radius 1 is 1.31 bits per heavy atom. The number of hydrogen-bond donors (Lipinski definition) is 1. The molecule has 0 radical (unpaired) electrons. The Labute approximate surface area is 83.8 Å². The molecule has 1 N–H and O–H groups in total. The fourth-order valence-electron chi connectivity index (χ4n) is 0.873. The second kappa shape index (κ2) is 3.68. The highest BCUT2D eigenvalue weighted by Gasteiger charge is 2.02. The van der Waals surface area contributed by atoms with E-state index in [1.807, 2.05) is 5.38 Å². The Morgan fingerprint density at radius 3 is 2.92 bits per heavy atom. The topological polar surface area (TPSA) is 50.7 Å². The van der Waals surface area contributed by atoms with Crippen molar-refractivity contribution in [1.29, 1.82) is 0 Å². The Balaban J connectivity index is 2.41. The van der Waals surface area contributed by atoms with Crippen molar-refractivity contribution in [2.75, 3.05) is 4.84 Å². The van der Waals surface area contributed by atoms with E-state index in [4.69, 9.17) is 11.8 Å². The minimum atomic E-state index is 0.384. The second-order valence-electron chi connectivity index (χ2n) is 2.20. The number of aromatic nitrogens is 3. The SMILES string of the molecule is ClNc1nccc(-c2nccs2)n1. The van der Waals surface area contributed by atoms with Gasteiger partial charge in [0.1, 0.15) is 10.7 Å². The van der Waals surface area contributed by atoms with E-state index in [1.54, 1.807) is 18.5 Å². The van der Waals surface area contributed by atoms with Crippen LogP contribution in [0.5, 0.6) is 0 Å². The zero-order chi connectivity index (χ0) is 9.10. The number of rotatable bonds is 2. The maximum Gasteiger partial charge on any atom is 0.238 e. The molecule has 2 heterocycles. The molecule has 0 aliphatic heterocycles. The van der Waals surface area contributed by atoms with Crippen LogP contribution >= 0.6 is 23.1 Å². The lowest BCUT2D eigenvalue weighted by Gasteiger charge is -1.97. The quantitative estimate of drug-likeness (QED) is 0.776. The van der Waals surface area contributed by atoms with Crippen molar-refractivity contribution in [2.45, 2.75) is 0 Å². The van der Waals surface area contributed by atoms with Crippen molar-refractivity contribution in [1.82, 2.24) is 15.0 Å². The molecule has 2 aromatic heterocycles. The molecule has 2 aromatic rings. The molecule has 0 atom stereocenters. The van der Waals surface area contributed by atoms with Gasteiger partial charge < -0.3 is 0 Å². The Bertz CT molecular complexity index is 389. The van der Waals surface area contributed by atoms with E-state index in [9.17, 15) is 0 Å². The average Bonchev–Trinajstić information content (AvgIpc) is 2.71. The van der Waals surface area contributed by atoms with Crippen LogP contribution in [-0.2, 0) is 0 Å². The summed E-state index contributed by atoms with van der Waals surface area (Å²) in [4.78, 5) is 14.5. The first-order valence-electron chi connectivity index (χ1n) is 3.49. The van der Waals surface area contributed by atoms with Crippen molar-refractivity contribution < 1.29 is 0 Å². The van der Waals surface area contributed by atoms with Crippen LogP contribution in [0, 0.1) is 0 Å². The summed E-state index contributed by atoms with van der Waals surface area (Å²) in [7, 11) is 0. The standard InChI is InChI=1S/C7H5ClN4S/c8-12-7-10-2-1-5(11-7)6-9-3-4-13-6/h1-4H,(H,10,11,12). The van der Waals surface area contributed by atoms with Gasteiger partial charge in [-0.25, -0.2) is 15.0 Å². The molecule has 0 aliphatic rings. The summed E-state index contributed by atoms with van der Waals surface area (Å²) in [6.07, 6.45) is 3.37. The highest BCUT2D eigenvalue weighted by molar-refractivity contribution is 7.13. The predicted octanol–water partition coefficient (Wildman–Crippen LogP) is 2.17. The van der Waals surface area contributed by atoms with E-state index in [1.165, 1.54) is 11.3 Å². The van der Waals surface area contributed by atoms with Crippen molar-refractivity contribution in [3.8, 4) is 10.7 Å². The third kappa shape index (κ3) is 1.76. The largest absolute Gasteiger partial charge is 0.266 e. The van der Waals surface area contributed by atoms with E-state index in [0.717, 1.165) is 10.7 Å². The molecule has 0 spiro atoms. The first kappa shape index (κ1) is 8.40. The molecule has 0 aromatic carbocycles. The molecule has 13 heavy (non-hydrogen) atoms. The van der Waals surface area contributed by atoms with Crippen LogP contribution in [0.15, 0.2) is 23.8 Å². The molecular formula is C7H5ClN4S. The van der Waals surface area contributed by atoms with Crippen molar-refractivity contribution in [3.63, 3.8) is 0 Å². The van der Waals surface area contributed by atoms with Gasteiger partial charge in [-0.05, 0) is 6.07 Å². The van der Waals surface area contributed by atoms with Gasteiger partial charge in [-0.15, -0.1) is 11.3 Å². The summed E-state index contributed by atoms with van der Waals surface area (Å²) in [5.74, 6) is 0.384. The molecule has 6 heteroatoms. The van der Waals surface area contributed by atoms with Gasteiger partial charge in [0.25, 0.3) is 0 Å². The number of thiazole rings is 1. The average molecular weight is 213 g/mol. The molecule has 0 fully saturated rings. The predicted molar refractivity (Wildman–Crippen MR) is 52.6 cm³/mol. The maximum atomic E-state index is 5.37. The van der Waals surface area contributed by atoms with E-state index < -0.39 is 0 Å². The van der Waals surface area contributed by atoms with Crippen LogP contribution in [0.25, 0.3) is 10.7 Å². The number of halogens is 1. The van der Waals surface area contributed by atoms with Gasteiger partial charge >= 0.3 is 0 Å². The minimum absolute atomic E-state index is 0.384. The fourth-order valence-corrected chi connectivity index (χ4v) is 1.57. The van der Waals surface area contributed by atoms with Crippen LogP contribution < -0.4 is 4.84 Å². The van der Waals surface area contributed by atoms with E-state index >= 15 is 0 Å². The molecule has 0 saturated carbocycles. The first-order chi connectivity index (χ1) is 6.40. The number of nitrogens with zero attached hydrogens (tertiary/aromatic N) is 3. The summed E-state index contributed by atoms with van der Waals surface area (Å²) in [5.41, 5.74) is 0.771. The highest BCUT2D eigenvalue weighted by atomic mass is 35.5. The highest BCUT2D eigenvalue weighted by Crippen LogP contribution is 2.19. The molecule has 0 unspecified atom stereocenters. The van der Waals surface area contributed by atoms with Gasteiger partial charge in [-0.1, -0.05) is 0 Å². The van der Waals surface area contributed by atoms with Crippen LogP contribution in [0.2, 0.25) is 0 Å². The smallest absolute Gasteiger partial charge is 0.238 e. The van der Waals surface area contributed by atoms with Gasteiger partial charge in [0, 0.05) is 29.6 Å². The monoisotopic (exact) mass is 212 g/mol. The molecular weight excluding hydrogens is 208 g/mol. The van der Waals surface area contributed by atoms with Crippen molar-refractivity contribution >= 4 is 29.1 Å². The van der Waals surface area contributed by atoms with Crippen molar-refractivity contribution in [3.05, 3.63) is 23.8 Å². The fraction of sp³-hybridized carbons (Fsp3) is 0. The zero-order valence-electron chi connectivity index (χ0n) is 6.44. The molecule has 4 nitrogen and oxygen atoms in total. The molecule has 0 amide bonds. The van der Waals surface area contributed by atoms with E-state index in [0.29, 0.717) is 5.95 Å². The van der Waals surface area contributed by atoms with Crippen LogP contribution in [0.4, 0.5) is 5.95 Å². The summed E-state index contributed by atoms with van der Waals surface area (Å²) in [6, 6.07) is 1.79. The summed E-state index contributed by atoms with van der Waals surface area (Å²) in [5, 5.41) is 2.75. The molecule has 0 saturated heterocycles. The van der Waals surface area contributed by atoms with Crippen LogP contribution in [-0.4, -0.2) is 15.0 Å². The van der Waals surface area contributed by atoms with Crippen LogP contribution in [0.3, 0.4) is 0 Å². The third-order valence-electron chi connectivity index (χ3n) is 1.39. The van der Waals surface area contributed by atoms with Gasteiger partial charge in [-0.2, -0.15) is 0 Å². The number of nitrogens with one attached hydrogen (secondary N) is 1. The van der Waals surface area contributed by atoms with E-state index in [-0.39, 0.29) is 0 Å². The van der Waals surface area contributed by atoms with Gasteiger partial charge in [0.2, 0.25) is 5.95 Å². The summed E-state index contributed by atoms with van der Waals surface area (Å²) >= 11 is 6.89. The molecule has 2 rings (SSSR count). The lowest BCUT2D eigenvalue weighted by molar-refractivity contribution is 1.18. The van der Waals surface area contributed by atoms with Gasteiger partial charge in [0.15, 0.2) is 0 Å². The van der Waals surface area contributed by atoms with Gasteiger partial charge in [0.05, 0.1) is 0 Å². The van der Waals surface area contributed by atoms with Gasteiger partial charge in [-0.3, -0.25) is 4.84 Å². The lowest BCUT2D eigenvalue weighted by Crippen LogP contribution is -1.91. The molecule has 0 aliphatic carbocycles. The first-order valence-corrected chi connectivity index (χ1v) is 4.75. The van der Waals surface area contributed by atoms with Crippen molar-refractivity contribution in [2.24, 2.45) is 0 Å². The van der Waals surface area contributed by atoms with E-state index in [2.05, 4.69) is 19.8 Å². The maximum absolute atomic E-state index is 5.37.